The highest BCUT2D eigenvalue weighted by molar-refractivity contribution is 6.00. The van der Waals surface area contributed by atoms with Crippen molar-refractivity contribution in [3.63, 3.8) is 0 Å². The molecule has 176 valence electrons. The summed E-state index contributed by atoms with van der Waals surface area (Å²) in [4.78, 5) is 36.2. The second-order valence-corrected chi connectivity index (χ2v) is 7.93. The van der Waals surface area contributed by atoms with E-state index in [4.69, 9.17) is 9.47 Å². The van der Waals surface area contributed by atoms with E-state index in [-0.39, 0.29) is 17.4 Å². The number of carbonyl (C=O) groups is 3. The molecule has 0 saturated heterocycles. The Balaban J connectivity index is 1.91. The van der Waals surface area contributed by atoms with Gasteiger partial charge in [0.15, 0.2) is 23.9 Å². The molecule has 33 heavy (non-hydrogen) atoms. The molecular weight excluding hydrogens is 436 g/mol. The lowest BCUT2D eigenvalue weighted by atomic mass is 9.95. The minimum absolute atomic E-state index is 0.0723. The fourth-order valence-corrected chi connectivity index (χ4v) is 2.47. The number of carbonyl (C=O) groups excluding carboxylic acids is 3. The second-order valence-electron chi connectivity index (χ2n) is 7.93. The molecule has 0 aliphatic heterocycles. The van der Waals surface area contributed by atoms with Crippen LogP contribution >= 0.6 is 0 Å². The molecule has 0 bridgehead atoms. The zero-order chi connectivity index (χ0) is 24.6. The van der Waals surface area contributed by atoms with Crippen LogP contribution in [0.1, 0.15) is 36.7 Å². The number of anilines is 1. The van der Waals surface area contributed by atoms with Gasteiger partial charge in [-0.1, -0.05) is 26.8 Å². The van der Waals surface area contributed by atoms with Crippen molar-refractivity contribution in [2.75, 3.05) is 19.0 Å². The molecule has 0 aromatic heterocycles. The van der Waals surface area contributed by atoms with E-state index in [0.717, 1.165) is 6.08 Å². The lowest BCUT2D eigenvalue weighted by Gasteiger charge is -2.17. The summed E-state index contributed by atoms with van der Waals surface area (Å²) >= 11 is 0. The average molecular weight is 461 g/mol. The van der Waals surface area contributed by atoms with E-state index in [2.05, 4.69) is 10.1 Å². The van der Waals surface area contributed by atoms with Crippen LogP contribution in [0.4, 0.5) is 14.5 Å². The van der Waals surface area contributed by atoms with E-state index in [1.807, 2.05) is 0 Å². The van der Waals surface area contributed by atoms with Gasteiger partial charge in [-0.25, -0.2) is 4.79 Å². The van der Waals surface area contributed by atoms with Crippen molar-refractivity contribution in [2.45, 2.75) is 27.4 Å². The van der Waals surface area contributed by atoms with E-state index >= 15 is 0 Å². The number of amides is 1. The molecule has 0 aliphatic rings. The molecule has 7 nitrogen and oxygen atoms in total. The molecule has 0 unspecified atom stereocenters. The van der Waals surface area contributed by atoms with Gasteiger partial charge >= 0.3 is 12.6 Å². The van der Waals surface area contributed by atoms with Gasteiger partial charge in [-0.05, 0) is 48.0 Å². The van der Waals surface area contributed by atoms with Crippen LogP contribution in [0.5, 0.6) is 11.5 Å². The molecule has 9 heteroatoms. The number of Topliss-reactive ketones (excluding diaryl/α,β-unsaturated/α-hetero) is 1. The van der Waals surface area contributed by atoms with Gasteiger partial charge in [0.05, 0.1) is 7.11 Å². The molecular formula is C24H25F2NO6. The number of halogens is 2. The monoisotopic (exact) mass is 461 g/mol. The first-order valence-corrected chi connectivity index (χ1v) is 9.92. The Kier molecular flexibility index (Phi) is 8.67. The lowest BCUT2D eigenvalue weighted by molar-refractivity contribution is -0.136. The highest BCUT2D eigenvalue weighted by Crippen LogP contribution is 2.29. The van der Waals surface area contributed by atoms with E-state index in [1.54, 1.807) is 32.9 Å². The van der Waals surface area contributed by atoms with E-state index < -0.39 is 30.4 Å². The number of ether oxygens (including phenoxy) is 3. The number of benzene rings is 2. The lowest BCUT2D eigenvalue weighted by Crippen LogP contribution is -2.27. The summed E-state index contributed by atoms with van der Waals surface area (Å²) in [6, 6.07) is 10.4. The average Bonchev–Trinajstić information content (AvgIpc) is 2.76. The number of methoxy groups -OCH3 is 1. The Bertz CT molecular complexity index is 1030. The van der Waals surface area contributed by atoms with Crippen LogP contribution < -0.4 is 14.8 Å². The van der Waals surface area contributed by atoms with E-state index in [9.17, 15) is 23.2 Å². The van der Waals surface area contributed by atoms with Gasteiger partial charge in [-0.3, -0.25) is 9.59 Å². The Labute approximate surface area is 190 Å². The van der Waals surface area contributed by atoms with Crippen molar-refractivity contribution in [1.29, 1.82) is 0 Å². The first kappa shape index (κ1) is 25.5. The maximum Gasteiger partial charge on any atom is 0.387 e. The first-order valence-electron chi connectivity index (χ1n) is 9.92. The number of hydrogen-bond donors (Lipinski definition) is 1. The van der Waals surface area contributed by atoms with Crippen LogP contribution in [-0.4, -0.2) is 38.0 Å². The summed E-state index contributed by atoms with van der Waals surface area (Å²) < 4.78 is 39.0. The summed E-state index contributed by atoms with van der Waals surface area (Å²) in [7, 11) is 1.30. The second kappa shape index (κ2) is 11.2. The van der Waals surface area contributed by atoms with Crippen molar-refractivity contribution in [2.24, 2.45) is 5.41 Å². The SMILES string of the molecule is COc1cc(/C=C/C(=O)OCC(=O)c2ccc(NC(=O)C(C)(C)C)cc2)ccc1OC(F)F. The Morgan fingerprint density at radius 2 is 1.70 bits per heavy atom. The number of esters is 1. The van der Waals surface area contributed by atoms with Crippen molar-refractivity contribution in [3.05, 3.63) is 59.7 Å². The topological polar surface area (TPSA) is 90.9 Å². The van der Waals surface area contributed by atoms with E-state index in [1.165, 1.54) is 43.5 Å². The standard InChI is InChI=1S/C24H25F2NO6/c1-24(2,3)22(30)27-17-9-7-16(8-10-17)18(28)14-32-21(29)12-6-15-5-11-19(33-23(25)26)20(13-15)31-4/h5-13,23H,14H2,1-4H3,(H,27,30)/b12-6+. The largest absolute Gasteiger partial charge is 0.493 e. The molecule has 2 aromatic rings. The van der Waals surface area contributed by atoms with Gasteiger partial charge in [0.1, 0.15) is 0 Å². The van der Waals surface area contributed by atoms with Crippen molar-refractivity contribution in [1.82, 2.24) is 0 Å². The number of hydrogen-bond acceptors (Lipinski definition) is 6. The van der Waals surface area contributed by atoms with Crippen LogP contribution in [0, 0.1) is 5.41 Å². The fourth-order valence-electron chi connectivity index (χ4n) is 2.47. The molecule has 0 aliphatic carbocycles. The Morgan fingerprint density at radius 1 is 1.03 bits per heavy atom. The zero-order valence-corrected chi connectivity index (χ0v) is 18.7. The van der Waals surface area contributed by atoms with Crippen molar-refractivity contribution >= 4 is 29.4 Å². The molecule has 0 spiro atoms. The van der Waals surface area contributed by atoms with Gasteiger partial charge < -0.3 is 19.5 Å². The Morgan fingerprint density at radius 3 is 2.27 bits per heavy atom. The van der Waals surface area contributed by atoms with Crippen molar-refractivity contribution < 1.29 is 37.4 Å². The molecule has 0 radical (unpaired) electrons. The zero-order valence-electron chi connectivity index (χ0n) is 18.7. The molecule has 0 atom stereocenters. The van der Waals surface area contributed by atoms with Gasteiger partial charge in [-0.15, -0.1) is 0 Å². The summed E-state index contributed by atoms with van der Waals surface area (Å²) in [6.07, 6.45) is 2.48. The molecule has 2 aromatic carbocycles. The number of alkyl halides is 2. The third kappa shape index (κ3) is 8.03. The van der Waals surface area contributed by atoms with Gasteiger partial charge in [0.25, 0.3) is 0 Å². The van der Waals surface area contributed by atoms with Gasteiger partial charge in [0, 0.05) is 22.7 Å². The molecule has 0 saturated carbocycles. The van der Waals surface area contributed by atoms with Crippen LogP contribution in [0.2, 0.25) is 0 Å². The van der Waals surface area contributed by atoms with Crippen LogP contribution in [0.25, 0.3) is 6.08 Å². The summed E-state index contributed by atoms with van der Waals surface area (Å²) in [6.45, 7) is 1.90. The Hall–Kier alpha value is -3.75. The first-order chi connectivity index (χ1) is 15.5. The van der Waals surface area contributed by atoms with Crippen molar-refractivity contribution in [3.8, 4) is 11.5 Å². The number of rotatable bonds is 9. The summed E-state index contributed by atoms with van der Waals surface area (Å²) in [5.74, 6) is -1.40. The van der Waals surface area contributed by atoms with Gasteiger partial charge in [0.2, 0.25) is 5.91 Å². The normalized spacial score (nSPS) is 11.4. The highest BCUT2D eigenvalue weighted by Gasteiger charge is 2.21. The number of nitrogens with one attached hydrogen (secondary N) is 1. The van der Waals surface area contributed by atoms with E-state index in [0.29, 0.717) is 16.8 Å². The summed E-state index contributed by atoms with van der Waals surface area (Å²) in [5, 5.41) is 2.75. The number of ketones is 1. The third-order valence-corrected chi connectivity index (χ3v) is 4.31. The quantitative estimate of drug-likeness (QED) is 0.330. The molecule has 1 amide bonds. The van der Waals surface area contributed by atoms with Crippen LogP contribution in [0.15, 0.2) is 48.5 Å². The minimum atomic E-state index is -2.99. The smallest absolute Gasteiger partial charge is 0.387 e. The maximum absolute atomic E-state index is 12.4. The predicted octanol–water partition coefficient (Wildman–Crippen LogP) is 4.72. The third-order valence-electron chi connectivity index (χ3n) is 4.31. The highest BCUT2D eigenvalue weighted by atomic mass is 19.3. The minimum Gasteiger partial charge on any atom is -0.493 e. The van der Waals surface area contributed by atoms with Gasteiger partial charge in [-0.2, -0.15) is 8.78 Å². The fraction of sp³-hybridized carbons (Fsp3) is 0.292. The van der Waals surface area contributed by atoms with Crippen LogP contribution in [0.3, 0.4) is 0 Å². The maximum atomic E-state index is 12.4. The molecule has 0 fully saturated rings. The molecule has 2 rings (SSSR count). The predicted molar refractivity (Wildman–Crippen MR) is 118 cm³/mol. The summed E-state index contributed by atoms with van der Waals surface area (Å²) in [5.41, 5.74) is 0.791. The van der Waals surface area contributed by atoms with Crippen LogP contribution in [-0.2, 0) is 14.3 Å². The molecule has 0 heterocycles. The molecule has 1 N–H and O–H groups in total.